The van der Waals surface area contributed by atoms with E-state index in [-0.39, 0.29) is 13.0 Å². The van der Waals surface area contributed by atoms with Crippen LogP contribution in [0.4, 0.5) is 0 Å². The quantitative estimate of drug-likeness (QED) is 0.782. The molecular weight excluding hydrogens is 232 g/mol. The number of aliphatic hydroxyl groups excluding tert-OH is 1. The number of carboxylic acids is 1. The van der Waals surface area contributed by atoms with E-state index in [1.165, 1.54) is 5.56 Å². The molecule has 0 amide bonds. The molecule has 1 rings (SSSR count). The number of rotatable bonds is 7. The minimum absolute atomic E-state index is 0.00498. The highest BCUT2D eigenvalue weighted by Crippen LogP contribution is 2.21. The molecule has 18 heavy (non-hydrogen) atoms. The molecule has 0 aliphatic carbocycles. The molecule has 0 aliphatic heterocycles. The van der Waals surface area contributed by atoms with Crippen LogP contribution in [-0.2, 0) is 4.79 Å². The smallest absolute Gasteiger partial charge is 0.306 e. The van der Waals surface area contributed by atoms with Gasteiger partial charge in [-0.3, -0.25) is 4.79 Å². The minimum atomic E-state index is -1.03. The second-order valence-electron chi connectivity index (χ2n) is 4.44. The van der Waals surface area contributed by atoms with Gasteiger partial charge in [0.15, 0.2) is 0 Å². The predicted molar refractivity (Wildman–Crippen MR) is 68.9 cm³/mol. The van der Waals surface area contributed by atoms with Crippen molar-refractivity contribution in [2.45, 2.75) is 38.7 Å². The number of carbonyl (C=O) groups is 1. The second kappa shape index (κ2) is 7.01. The molecule has 0 heterocycles. The Hall–Kier alpha value is -1.55. The van der Waals surface area contributed by atoms with E-state index in [1.807, 2.05) is 24.3 Å². The summed E-state index contributed by atoms with van der Waals surface area (Å²) in [6, 6.07) is 7.67. The van der Waals surface area contributed by atoms with E-state index in [0.717, 1.165) is 6.42 Å². The molecule has 4 nitrogen and oxygen atoms in total. The minimum Gasteiger partial charge on any atom is -0.491 e. The van der Waals surface area contributed by atoms with Crippen LogP contribution in [0, 0.1) is 0 Å². The van der Waals surface area contributed by atoms with Gasteiger partial charge in [-0.25, -0.2) is 0 Å². The third-order valence-electron chi connectivity index (χ3n) is 2.91. The fourth-order valence-electron chi connectivity index (χ4n) is 1.58. The molecule has 0 saturated heterocycles. The van der Waals surface area contributed by atoms with Crippen LogP contribution in [0.1, 0.15) is 38.2 Å². The summed E-state index contributed by atoms with van der Waals surface area (Å²) in [7, 11) is 0. The zero-order valence-electron chi connectivity index (χ0n) is 10.8. The fraction of sp³-hybridized carbons (Fsp3) is 0.500. The van der Waals surface area contributed by atoms with Gasteiger partial charge in [-0.05, 0) is 30.0 Å². The van der Waals surface area contributed by atoms with Crippen molar-refractivity contribution >= 4 is 5.97 Å². The second-order valence-corrected chi connectivity index (χ2v) is 4.44. The summed E-state index contributed by atoms with van der Waals surface area (Å²) < 4.78 is 5.32. The van der Waals surface area contributed by atoms with Gasteiger partial charge in [0, 0.05) is 0 Å². The average Bonchev–Trinajstić information content (AvgIpc) is 2.35. The lowest BCUT2D eigenvalue weighted by molar-refractivity contribution is -0.139. The number of hydrogen-bond donors (Lipinski definition) is 2. The molecule has 4 heteroatoms. The van der Waals surface area contributed by atoms with Crippen LogP contribution in [-0.4, -0.2) is 28.9 Å². The molecule has 100 valence electrons. The third kappa shape index (κ3) is 4.75. The van der Waals surface area contributed by atoms with E-state index in [4.69, 9.17) is 9.84 Å². The first-order valence-corrected chi connectivity index (χ1v) is 6.15. The molecule has 0 spiro atoms. The maximum atomic E-state index is 10.4. The number of ether oxygens (including phenoxy) is 1. The van der Waals surface area contributed by atoms with Gasteiger partial charge < -0.3 is 14.9 Å². The standard InChI is InChI=1S/C14H20O4/c1-3-10(2)11-4-6-13(7-5-11)18-9-12(15)8-14(16)17/h4-7,10,12,15H,3,8-9H2,1-2H3,(H,16,17)/t10-,12-/m1/s1. The molecular formula is C14H20O4. The van der Waals surface area contributed by atoms with Crippen molar-refractivity contribution < 1.29 is 19.7 Å². The summed E-state index contributed by atoms with van der Waals surface area (Å²) in [6.07, 6.45) is -0.195. The Bertz CT molecular complexity index is 372. The summed E-state index contributed by atoms with van der Waals surface area (Å²) in [4.78, 5) is 10.4. The largest absolute Gasteiger partial charge is 0.491 e. The van der Waals surface area contributed by atoms with Gasteiger partial charge >= 0.3 is 5.97 Å². The van der Waals surface area contributed by atoms with Crippen molar-refractivity contribution in [2.75, 3.05) is 6.61 Å². The van der Waals surface area contributed by atoms with Crippen LogP contribution in [0.15, 0.2) is 24.3 Å². The Morgan fingerprint density at radius 2 is 1.94 bits per heavy atom. The van der Waals surface area contributed by atoms with Gasteiger partial charge in [0.05, 0.1) is 12.5 Å². The van der Waals surface area contributed by atoms with Gasteiger partial charge in [0.2, 0.25) is 0 Å². The van der Waals surface area contributed by atoms with Crippen molar-refractivity contribution in [2.24, 2.45) is 0 Å². The summed E-state index contributed by atoms with van der Waals surface area (Å²) in [5.74, 6) is 0.126. The van der Waals surface area contributed by atoms with Crippen LogP contribution < -0.4 is 4.74 Å². The van der Waals surface area contributed by atoms with Gasteiger partial charge in [0.1, 0.15) is 12.4 Å². The van der Waals surface area contributed by atoms with Crippen LogP contribution in [0.5, 0.6) is 5.75 Å². The molecule has 0 bridgehead atoms. The van der Waals surface area contributed by atoms with E-state index in [0.29, 0.717) is 11.7 Å². The van der Waals surface area contributed by atoms with Crippen molar-refractivity contribution in [1.29, 1.82) is 0 Å². The molecule has 2 N–H and O–H groups in total. The molecule has 1 aromatic carbocycles. The third-order valence-corrected chi connectivity index (χ3v) is 2.91. The van der Waals surface area contributed by atoms with Crippen LogP contribution in [0.2, 0.25) is 0 Å². The zero-order chi connectivity index (χ0) is 13.5. The first-order chi connectivity index (χ1) is 8.52. The summed E-state index contributed by atoms with van der Waals surface area (Å²) in [6.45, 7) is 4.29. The van der Waals surface area contributed by atoms with E-state index >= 15 is 0 Å². The maximum Gasteiger partial charge on any atom is 0.306 e. The van der Waals surface area contributed by atoms with Crippen LogP contribution in [0.25, 0.3) is 0 Å². The Balaban J connectivity index is 2.46. The van der Waals surface area contributed by atoms with Gasteiger partial charge in [0.25, 0.3) is 0 Å². The highest BCUT2D eigenvalue weighted by atomic mass is 16.5. The van der Waals surface area contributed by atoms with Crippen molar-refractivity contribution in [3.63, 3.8) is 0 Å². The molecule has 2 atom stereocenters. The van der Waals surface area contributed by atoms with Gasteiger partial charge in [-0.1, -0.05) is 26.0 Å². The lowest BCUT2D eigenvalue weighted by Crippen LogP contribution is -2.21. The number of benzene rings is 1. The number of aliphatic carboxylic acids is 1. The average molecular weight is 252 g/mol. The van der Waals surface area contributed by atoms with E-state index in [2.05, 4.69) is 13.8 Å². The Morgan fingerprint density at radius 1 is 1.33 bits per heavy atom. The topological polar surface area (TPSA) is 66.8 Å². The molecule has 0 aromatic heterocycles. The Labute approximate surface area is 107 Å². The Morgan fingerprint density at radius 3 is 2.44 bits per heavy atom. The van der Waals surface area contributed by atoms with Crippen LogP contribution >= 0.6 is 0 Å². The van der Waals surface area contributed by atoms with Gasteiger partial charge in [-0.15, -0.1) is 0 Å². The van der Waals surface area contributed by atoms with Gasteiger partial charge in [-0.2, -0.15) is 0 Å². The van der Waals surface area contributed by atoms with E-state index in [9.17, 15) is 9.90 Å². The van der Waals surface area contributed by atoms with Crippen molar-refractivity contribution in [1.82, 2.24) is 0 Å². The Kier molecular flexibility index (Phi) is 5.65. The molecule has 0 aliphatic rings. The van der Waals surface area contributed by atoms with E-state index in [1.54, 1.807) is 0 Å². The number of hydrogen-bond acceptors (Lipinski definition) is 3. The highest BCUT2D eigenvalue weighted by molar-refractivity contribution is 5.67. The lowest BCUT2D eigenvalue weighted by Gasteiger charge is -2.12. The molecule has 1 aromatic rings. The number of carboxylic acid groups (broad SMARTS) is 1. The monoisotopic (exact) mass is 252 g/mol. The summed E-state index contributed by atoms with van der Waals surface area (Å²) in [5.41, 5.74) is 1.25. The summed E-state index contributed by atoms with van der Waals surface area (Å²) >= 11 is 0. The van der Waals surface area contributed by atoms with Crippen LogP contribution in [0.3, 0.4) is 0 Å². The lowest BCUT2D eigenvalue weighted by atomic mass is 9.99. The SMILES string of the molecule is CC[C@@H](C)c1ccc(OC[C@H](O)CC(=O)O)cc1. The summed E-state index contributed by atoms with van der Waals surface area (Å²) in [5, 5.41) is 17.8. The highest BCUT2D eigenvalue weighted by Gasteiger charge is 2.10. The van der Waals surface area contributed by atoms with E-state index < -0.39 is 12.1 Å². The van der Waals surface area contributed by atoms with Crippen molar-refractivity contribution in [3.05, 3.63) is 29.8 Å². The maximum absolute atomic E-state index is 10.4. The van der Waals surface area contributed by atoms with Crippen molar-refractivity contribution in [3.8, 4) is 5.75 Å². The molecule has 0 saturated carbocycles. The molecule has 0 radical (unpaired) electrons. The molecule has 0 unspecified atom stereocenters. The molecule has 0 fully saturated rings. The predicted octanol–water partition coefficient (Wildman–Crippen LogP) is 2.41. The first kappa shape index (κ1) is 14.5. The first-order valence-electron chi connectivity index (χ1n) is 6.15. The fourth-order valence-corrected chi connectivity index (χ4v) is 1.58. The number of aliphatic hydroxyl groups is 1. The normalized spacial score (nSPS) is 13.9. The zero-order valence-corrected chi connectivity index (χ0v) is 10.8.